The van der Waals surface area contributed by atoms with Gasteiger partial charge in [0.2, 0.25) is 5.91 Å². The average Bonchev–Trinajstić information content (AvgIpc) is 2.78. The second-order valence-corrected chi connectivity index (χ2v) is 9.41. The number of carboxylic acids is 1. The van der Waals surface area contributed by atoms with Gasteiger partial charge in [-0.05, 0) is 73.8 Å². The van der Waals surface area contributed by atoms with E-state index in [1.54, 1.807) is 0 Å². The van der Waals surface area contributed by atoms with E-state index in [9.17, 15) is 23.5 Å². The molecule has 4 rings (SSSR count). The maximum Gasteiger partial charge on any atom is 0.326 e. The number of anilines is 1. The van der Waals surface area contributed by atoms with Gasteiger partial charge in [0.1, 0.15) is 23.5 Å². The molecule has 3 N–H and O–H groups in total. The quantitative estimate of drug-likeness (QED) is 0.447. The van der Waals surface area contributed by atoms with Crippen molar-refractivity contribution in [3.05, 3.63) is 58.8 Å². The Hall–Kier alpha value is -3.07. The standard InChI is InChI=1S/C26H31F2N3O4/c27-19-10-17(11-20(28)15-19)14-24(32)31-23(26(33)34)7-9-35-22-12-16(13-22)3-5-21-6-4-18-2-1-8-29-25(18)30-21/h4,6,10-11,15-16,22-23H,1-3,5,7-9,12-14H2,(H,29,30)(H,31,32)(H,33,34)/t16?,22?,23-/m0/s1. The van der Waals surface area contributed by atoms with Crippen molar-refractivity contribution in [2.45, 2.75) is 63.5 Å². The lowest BCUT2D eigenvalue weighted by Gasteiger charge is -2.35. The lowest BCUT2D eigenvalue weighted by Crippen LogP contribution is -2.43. The van der Waals surface area contributed by atoms with Gasteiger partial charge in [-0.3, -0.25) is 4.79 Å². The zero-order chi connectivity index (χ0) is 24.8. The molecule has 188 valence electrons. The highest BCUT2D eigenvalue weighted by Gasteiger charge is 2.30. The molecule has 1 amide bonds. The molecular formula is C26H31F2N3O4. The fourth-order valence-electron chi connectivity index (χ4n) is 4.66. The monoisotopic (exact) mass is 487 g/mol. The summed E-state index contributed by atoms with van der Waals surface area (Å²) in [7, 11) is 0. The number of aliphatic carboxylic acids is 1. The van der Waals surface area contributed by atoms with Crippen LogP contribution in [0.2, 0.25) is 0 Å². The van der Waals surface area contributed by atoms with Gasteiger partial charge in [-0.15, -0.1) is 0 Å². The number of nitrogens with zero attached hydrogens (tertiary/aromatic N) is 1. The zero-order valence-corrected chi connectivity index (χ0v) is 19.6. The summed E-state index contributed by atoms with van der Waals surface area (Å²) in [5.41, 5.74) is 2.53. The molecule has 2 aromatic rings. The van der Waals surface area contributed by atoms with E-state index in [0.29, 0.717) is 12.0 Å². The van der Waals surface area contributed by atoms with Crippen molar-refractivity contribution in [1.29, 1.82) is 0 Å². The number of aromatic nitrogens is 1. The van der Waals surface area contributed by atoms with Crippen LogP contribution in [0.15, 0.2) is 30.3 Å². The first-order chi connectivity index (χ1) is 16.9. The number of aryl methyl sites for hydroxylation is 2. The van der Waals surface area contributed by atoms with E-state index in [1.807, 2.05) is 0 Å². The van der Waals surface area contributed by atoms with Crippen LogP contribution in [0, 0.1) is 17.6 Å². The molecule has 9 heteroatoms. The van der Waals surface area contributed by atoms with E-state index >= 15 is 0 Å². The van der Waals surface area contributed by atoms with Crippen LogP contribution in [0.1, 0.15) is 48.9 Å². The van der Waals surface area contributed by atoms with Gasteiger partial charge in [0.25, 0.3) is 0 Å². The number of hydrogen-bond donors (Lipinski definition) is 3. The fourth-order valence-corrected chi connectivity index (χ4v) is 4.66. The zero-order valence-electron chi connectivity index (χ0n) is 19.6. The van der Waals surface area contributed by atoms with Crippen LogP contribution in [0.4, 0.5) is 14.6 Å². The van der Waals surface area contributed by atoms with Crippen LogP contribution in [0.3, 0.4) is 0 Å². The first-order valence-corrected chi connectivity index (χ1v) is 12.2. The van der Waals surface area contributed by atoms with Crippen molar-refractivity contribution < 1.29 is 28.2 Å². The summed E-state index contributed by atoms with van der Waals surface area (Å²) in [6.45, 7) is 1.19. The number of hydrogen-bond acceptors (Lipinski definition) is 5. The van der Waals surface area contributed by atoms with Gasteiger partial charge in [0.15, 0.2) is 0 Å². The Balaban J connectivity index is 1.13. The molecule has 1 atom stereocenters. The topological polar surface area (TPSA) is 101 Å². The molecule has 1 aromatic heterocycles. The van der Waals surface area contributed by atoms with Crippen LogP contribution in [-0.4, -0.2) is 47.3 Å². The van der Waals surface area contributed by atoms with Crippen LogP contribution in [0.5, 0.6) is 0 Å². The smallest absolute Gasteiger partial charge is 0.326 e. The second-order valence-electron chi connectivity index (χ2n) is 9.41. The van der Waals surface area contributed by atoms with Crippen molar-refractivity contribution in [3.8, 4) is 0 Å². The predicted octanol–water partition coefficient (Wildman–Crippen LogP) is 3.65. The van der Waals surface area contributed by atoms with E-state index in [-0.39, 0.29) is 31.1 Å². The van der Waals surface area contributed by atoms with Crippen LogP contribution in [0.25, 0.3) is 0 Å². The van der Waals surface area contributed by atoms with Crippen molar-refractivity contribution in [1.82, 2.24) is 10.3 Å². The Kier molecular flexibility index (Phi) is 8.28. The maximum absolute atomic E-state index is 13.3. The molecule has 0 bridgehead atoms. The summed E-state index contributed by atoms with van der Waals surface area (Å²) in [6, 6.07) is 5.97. The lowest BCUT2D eigenvalue weighted by molar-refractivity contribution is -0.142. The highest BCUT2D eigenvalue weighted by Crippen LogP contribution is 2.34. The molecule has 0 radical (unpaired) electrons. The fraction of sp³-hybridized carbons (Fsp3) is 0.500. The Bertz CT molecular complexity index is 1040. The molecular weight excluding hydrogens is 456 g/mol. The molecule has 2 aliphatic rings. The largest absolute Gasteiger partial charge is 0.480 e. The van der Waals surface area contributed by atoms with Crippen molar-refractivity contribution in [2.75, 3.05) is 18.5 Å². The van der Waals surface area contributed by atoms with Crippen molar-refractivity contribution in [3.63, 3.8) is 0 Å². The number of nitrogens with one attached hydrogen (secondary N) is 2. The van der Waals surface area contributed by atoms with Gasteiger partial charge in [0, 0.05) is 31.3 Å². The molecule has 7 nitrogen and oxygen atoms in total. The second kappa shape index (κ2) is 11.6. The molecule has 1 aromatic carbocycles. The number of carboxylic acid groups (broad SMARTS) is 1. The lowest BCUT2D eigenvalue weighted by atomic mass is 9.79. The molecule has 0 saturated heterocycles. The first kappa shape index (κ1) is 25.0. The SMILES string of the molecule is O=C(Cc1cc(F)cc(F)c1)N[C@@H](CCOC1CC(CCc2ccc3c(n2)NCCC3)C1)C(=O)O. The Labute approximate surface area is 203 Å². The van der Waals surface area contributed by atoms with Crippen LogP contribution < -0.4 is 10.6 Å². The van der Waals surface area contributed by atoms with Gasteiger partial charge >= 0.3 is 5.97 Å². The minimum Gasteiger partial charge on any atom is -0.480 e. The van der Waals surface area contributed by atoms with E-state index in [2.05, 4.69) is 22.8 Å². The van der Waals surface area contributed by atoms with Crippen molar-refractivity contribution in [2.24, 2.45) is 5.92 Å². The summed E-state index contributed by atoms with van der Waals surface area (Å²) in [4.78, 5) is 28.4. The minimum atomic E-state index is -1.18. The van der Waals surface area contributed by atoms with E-state index in [4.69, 9.17) is 9.72 Å². The molecule has 0 spiro atoms. The van der Waals surface area contributed by atoms with Gasteiger partial charge in [-0.2, -0.15) is 0 Å². The van der Waals surface area contributed by atoms with E-state index < -0.39 is 29.6 Å². The number of halogens is 2. The number of amides is 1. The summed E-state index contributed by atoms with van der Waals surface area (Å²) < 4.78 is 32.4. The summed E-state index contributed by atoms with van der Waals surface area (Å²) in [6.07, 6.45) is 5.96. The number of pyridine rings is 1. The summed E-state index contributed by atoms with van der Waals surface area (Å²) in [5.74, 6) is -1.78. The van der Waals surface area contributed by atoms with E-state index in [1.165, 1.54) is 5.56 Å². The molecule has 2 heterocycles. The minimum absolute atomic E-state index is 0.0959. The molecule has 1 fully saturated rings. The third-order valence-corrected chi connectivity index (χ3v) is 6.63. The molecule has 1 aliphatic heterocycles. The third-order valence-electron chi connectivity index (χ3n) is 6.63. The number of carbonyl (C=O) groups excluding carboxylic acids is 1. The third kappa shape index (κ3) is 7.21. The van der Waals surface area contributed by atoms with Gasteiger partial charge < -0.3 is 20.5 Å². The number of rotatable bonds is 11. The number of fused-ring (bicyclic) bond motifs is 1. The highest BCUT2D eigenvalue weighted by molar-refractivity contribution is 5.84. The van der Waals surface area contributed by atoms with E-state index in [0.717, 1.165) is 68.7 Å². The Morgan fingerprint density at radius 2 is 1.97 bits per heavy atom. The van der Waals surface area contributed by atoms with Gasteiger partial charge in [-0.25, -0.2) is 18.6 Å². The van der Waals surface area contributed by atoms with Gasteiger partial charge in [-0.1, -0.05) is 6.07 Å². The highest BCUT2D eigenvalue weighted by atomic mass is 19.1. The van der Waals surface area contributed by atoms with Crippen LogP contribution >= 0.6 is 0 Å². The maximum atomic E-state index is 13.3. The molecule has 1 saturated carbocycles. The molecule has 35 heavy (non-hydrogen) atoms. The normalized spacial score (nSPS) is 19.7. The summed E-state index contributed by atoms with van der Waals surface area (Å²) in [5, 5.41) is 15.2. The number of benzene rings is 1. The molecule has 1 aliphatic carbocycles. The first-order valence-electron chi connectivity index (χ1n) is 12.2. The number of ether oxygens (including phenoxy) is 1. The molecule has 0 unspecified atom stereocenters. The summed E-state index contributed by atoms with van der Waals surface area (Å²) >= 11 is 0. The predicted molar refractivity (Wildman–Crippen MR) is 126 cm³/mol. The number of carbonyl (C=O) groups is 2. The average molecular weight is 488 g/mol. The van der Waals surface area contributed by atoms with Crippen LogP contribution in [-0.2, 0) is 33.6 Å². The van der Waals surface area contributed by atoms with Gasteiger partial charge in [0.05, 0.1) is 12.5 Å². The van der Waals surface area contributed by atoms with Crippen molar-refractivity contribution >= 4 is 17.7 Å². The Morgan fingerprint density at radius 1 is 1.20 bits per heavy atom. The Morgan fingerprint density at radius 3 is 2.71 bits per heavy atom.